The number of halogens is 1. The molecule has 2 aliphatic heterocycles. The van der Waals surface area contributed by atoms with Gasteiger partial charge in [-0.25, -0.2) is 0 Å². The van der Waals surface area contributed by atoms with Gasteiger partial charge in [-0.3, -0.25) is 4.90 Å². The van der Waals surface area contributed by atoms with Crippen LogP contribution in [0.1, 0.15) is 68.9 Å². The lowest BCUT2D eigenvalue weighted by molar-refractivity contribution is 0.0793. The molecule has 150 valence electrons. The van der Waals surface area contributed by atoms with E-state index in [2.05, 4.69) is 20.4 Å². The van der Waals surface area contributed by atoms with Crippen LogP contribution in [0.5, 0.6) is 5.75 Å². The van der Waals surface area contributed by atoms with Crippen molar-refractivity contribution in [3.63, 3.8) is 0 Å². The Labute approximate surface area is 170 Å². The maximum absolute atomic E-state index is 6.07. The minimum Gasteiger partial charge on any atom is -0.470 e. The SMILES string of the molecule is Clc1ccc2c(c1)CCC(Nc1nnc(C3CCCCN3C3CCCC3)o1)O2. The van der Waals surface area contributed by atoms with Gasteiger partial charge in [-0.05, 0) is 62.4 Å². The first kappa shape index (κ1) is 18.3. The molecule has 0 bridgehead atoms. The first-order chi connectivity index (χ1) is 13.8. The van der Waals surface area contributed by atoms with Gasteiger partial charge in [0.25, 0.3) is 0 Å². The highest BCUT2D eigenvalue weighted by molar-refractivity contribution is 6.30. The highest BCUT2D eigenvalue weighted by atomic mass is 35.5. The van der Waals surface area contributed by atoms with E-state index in [1.54, 1.807) is 0 Å². The first-order valence-corrected chi connectivity index (χ1v) is 10.9. The number of fused-ring (bicyclic) bond motifs is 1. The van der Waals surface area contributed by atoms with Crippen LogP contribution in [0.3, 0.4) is 0 Å². The molecule has 1 saturated heterocycles. The van der Waals surface area contributed by atoms with Gasteiger partial charge >= 0.3 is 6.01 Å². The molecule has 28 heavy (non-hydrogen) atoms. The number of hydrogen-bond acceptors (Lipinski definition) is 6. The van der Waals surface area contributed by atoms with E-state index in [1.165, 1.54) is 38.5 Å². The van der Waals surface area contributed by atoms with Crippen molar-refractivity contribution < 1.29 is 9.15 Å². The summed E-state index contributed by atoms with van der Waals surface area (Å²) in [6.07, 6.45) is 10.5. The van der Waals surface area contributed by atoms with E-state index < -0.39 is 0 Å². The highest BCUT2D eigenvalue weighted by Gasteiger charge is 2.34. The fourth-order valence-corrected chi connectivity index (χ4v) is 5.11. The lowest BCUT2D eigenvalue weighted by atomic mass is 9.99. The van der Waals surface area contributed by atoms with Crippen molar-refractivity contribution in [3.8, 4) is 5.75 Å². The number of aryl methyl sites for hydroxylation is 1. The number of anilines is 1. The molecule has 2 unspecified atom stereocenters. The Bertz CT molecular complexity index is 820. The highest BCUT2D eigenvalue weighted by Crippen LogP contribution is 2.37. The van der Waals surface area contributed by atoms with Crippen LogP contribution in [0.4, 0.5) is 6.01 Å². The molecule has 5 rings (SSSR count). The van der Waals surface area contributed by atoms with Crippen LogP contribution in [0.25, 0.3) is 0 Å². The van der Waals surface area contributed by atoms with Crippen LogP contribution in [0.2, 0.25) is 5.02 Å². The van der Waals surface area contributed by atoms with Crippen LogP contribution in [0.15, 0.2) is 22.6 Å². The summed E-state index contributed by atoms with van der Waals surface area (Å²) in [7, 11) is 0. The van der Waals surface area contributed by atoms with Gasteiger partial charge in [-0.1, -0.05) is 36.0 Å². The number of hydrogen-bond donors (Lipinski definition) is 1. The Morgan fingerprint density at radius 3 is 2.79 bits per heavy atom. The number of piperidine rings is 1. The van der Waals surface area contributed by atoms with E-state index in [0.717, 1.165) is 48.0 Å². The first-order valence-electron chi connectivity index (χ1n) is 10.6. The fraction of sp³-hybridized carbons (Fsp3) is 0.619. The van der Waals surface area contributed by atoms with Gasteiger partial charge in [0.15, 0.2) is 6.23 Å². The largest absolute Gasteiger partial charge is 0.470 e. The Kier molecular flexibility index (Phi) is 5.16. The van der Waals surface area contributed by atoms with E-state index in [0.29, 0.717) is 12.1 Å². The lowest BCUT2D eigenvalue weighted by Crippen LogP contribution is -2.40. The number of nitrogens with zero attached hydrogens (tertiary/aromatic N) is 3. The molecule has 2 fully saturated rings. The molecule has 6 nitrogen and oxygen atoms in total. The zero-order valence-electron chi connectivity index (χ0n) is 16.1. The Morgan fingerprint density at radius 1 is 1.04 bits per heavy atom. The van der Waals surface area contributed by atoms with Crippen LogP contribution < -0.4 is 10.1 Å². The fourth-order valence-electron chi connectivity index (χ4n) is 4.92. The van der Waals surface area contributed by atoms with Gasteiger partial charge in [0.1, 0.15) is 5.75 Å². The van der Waals surface area contributed by atoms with Gasteiger partial charge in [0, 0.05) is 17.5 Å². The van der Waals surface area contributed by atoms with Crippen molar-refractivity contribution in [2.75, 3.05) is 11.9 Å². The molecule has 1 saturated carbocycles. The number of likely N-dealkylation sites (tertiary alicyclic amines) is 1. The summed E-state index contributed by atoms with van der Waals surface area (Å²) in [5.74, 6) is 1.62. The average Bonchev–Trinajstić information content (AvgIpc) is 3.40. The molecule has 0 spiro atoms. The molecule has 2 aromatic rings. The molecule has 1 aliphatic carbocycles. The Balaban J connectivity index is 1.26. The predicted octanol–water partition coefficient (Wildman–Crippen LogP) is 4.96. The molecule has 1 aromatic carbocycles. The minimum atomic E-state index is -0.167. The normalized spacial score (nSPS) is 26.0. The summed E-state index contributed by atoms with van der Waals surface area (Å²) in [5.41, 5.74) is 1.14. The second-order valence-corrected chi connectivity index (χ2v) is 8.61. The number of aromatic nitrogens is 2. The van der Waals surface area contributed by atoms with Crippen molar-refractivity contribution in [3.05, 3.63) is 34.7 Å². The molecule has 1 aromatic heterocycles. The molecule has 3 aliphatic rings. The molecular formula is C21H27ClN4O2. The van der Waals surface area contributed by atoms with Crippen LogP contribution in [-0.4, -0.2) is 33.9 Å². The van der Waals surface area contributed by atoms with Gasteiger partial charge in [-0.2, -0.15) is 0 Å². The summed E-state index contributed by atoms with van der Waals surface area (Å²) >= 11 is 6.07. The van der Waals surface area contributed by atoms with E-state index >= 15 is 0 Å². The van der Waals surface area contributed by atoms with Crippen molar-refractivity contribution in [2.24, 2.45) is 0 Å². The van der Waals surface area contributed by atoms with Crippen LogP contribution in [0, 0.1) is 0 Å². The Hall–Kier alpha value is -1.79. The third-order valence-electron chi connectivity index (χ3n) is 6.32. The third kappa shape index (κ3) is 3.72. The standard InChI is InChI=1S/C21H27ClN4O2/c22-15-9-10-18-14(13-15)8-11-19(27-18)23-21-25-24-20(28-21)17-7-3-4-12-26(17)16-5-1-2-6-16/h9-10,13,16-17,19H,1-8,11-12H2,(H,23,25). The predicted molar refractivity (Wildman–Crippen MR) is 108 cm³/mol. The van der Waals surface area contributed by atoms with E-state index in [1.807, 2.05) is 18.2 Å². The van der Waals surface area contributed by atoms with Gasteiger partial charge in [0.05, 0.1) is 6.04 Å². The topological polar surface area (TPSA) is 63.4 Å². The third-order valence-corrected chi connectivity index (χ3v) is 6.55. The van der Waals surface area contributed by atoms with Gasteiger partial charge in [-0.15, -0.1) is 5.10 Å². The molecule has 0 radical (unpaired) electrons. The van der Waals surface area contributed by atoms with Crippen LogP contribution >= 0.6 is 11.6 Å². The second kappa shape index (κ2) is 7.91. The number of nitrogens with one attached hydrogen (secondary N) is 1. The summed E-state index contributed by atoms with van der Waals surface area (Å²) < 4.78 is 12.1. The monoisotopic (exact) mass is 402 g/mol. The van der Waals surface area contributed by atoms with Crippen molar-refractivity contribution in [1.82, 2.24) is 15.1 Å². The Morgan fingerprint density at radius 2 is 1.89 bits per heavy atom. The molecule has 7 heteroatoms. The average molecular weight is 403 g/mol. The number of rotatable bonds is 4. The van der Waals surface area contributed by atoms with E-state index in [4.69, 9.17) is 20.8 Å². The van der Waals surface area contributed by atoms with E-state index in [-0.39, 0.29) is 12.3 Å². The van der Waals surface area contributed by atoms with Gasteiger partial charge < -0.3 is 14.5 Å². The zero-order chi connectivity index (χ0) is 18.9. The maximum atomic E-state index is 6.07. The summed E-state index contributed by atoms with van der Waals surface area (Å²) in [6, 6.07) is 7.14. The van der Waals surface area contributed by atoms with Crippen molar-refractivity contribution in [1.29, 1.82) is 0 Å². The zero-order valence-corrected chi connectivity index (χ0v) is 16.8. The maximum Gasteiger partial charge on any atom is 0.318 e. The molecular weight excluding hydrogens is 376 g/mol. The summed E-state index contributed by atoms with van der Waals surface area (Å²) in [6.45, 7) is 1.14. The summed E-state index contributed by atoms with van der Waals surface area (Å²) in [4.78, 5) is 2.62. The molecule has 1 N–H and O–H groups in total. The van der Waals surface area contributed by atoms with Crippen molar-refractivity contribution >= 4 is 17.6 Å². The molecule has 2 atom stereocenters. The smallest absolute Gasteiger partial charge is 0.318 e. The van der Waals surface area contributed by atoms with E-state index in [9.17, 15) is 0 Å². The minimum absolute atomic E-state index is 0.167. The molecule has 0 amide bonds. The lowest BCUT2D eigenvalue weighted by Gasteiger charge is -2.37. The quantitative estimate of drug-likeness (QED) is 0.780. The van der Waals surface area contributed by atoms with Gasteiger partial charge in [0.2, 0.25) is 5.89 Å². The van der Waals surface area contributed by atoms with Crippen LogP contribution in [-0.2, 0) is 6.42 Å². The number of ether oxygens (including phenoxy) is 1. The number of benzene rings is 1. The molecule has 3 heterocycles. The summed E-state index contributed by atoms with van der Waals surface area (Å²) in [5, 5.41) is 12.7. The second-order valence-electron chi connectivity index (χ2n) is 8.17. The van der Waals surface area contributed by atoms with Crippen molar-refractivity contribution in [2.45, 2.75) is 76.1 Å².